The van der Waals surface area contributed by atoms with E-state index in [0.29, 0.717) is 37.6 Å². The lowest BCUT2D eigenvalue weighted by Gasteiger charge is -2.26. The molecule has 3 N–H and O–H groups in total. The van der Waals surface area contributed by atoms with Crippen molar-refractivity contribution in [2.45, 2.75) is 18.7 Å². The van der Waals surface area contributed by atoms with E-state index in [9.17, 15) is 8.42 Å². The van der Waals surface area contributed by atoms with Crippen LogP contribution in [-0.2, 0) is 14.8 Å². The summed E-state index contributed by atoms with van der Waals surface area (Å²) in [5.41, 5.74) is 7.79. The van der Waals surface area contributed by atoms with Crippen molar-refractivity contribution < 1.29 is 13.2 Å². The monoisotopic (exact) mass is 313 g/mol. The summed E-state index contributed by atoms with van der Waals surface area (Å²) in [6.07, 6.45) is 0. The molecule has 7 heteroatoms. The third-order valence-corrected chi connectivity index (χ3v) is 5.25. The van der Waals surface area contributed by atoms with Crippen molar-refractivity contribution in [2.75, 3.05) is 45.1 Å². The van der Waals surface area contributed by atoms with Gasteiger partial charge in [0.2, 0.25) is 10.0 Å². The first kappa shape index (κ1) is 16.2. The Bertz CT molecular complexity index is 596. The predicted octanol–water partition coefficient (Wildman–Crippen LogP) is 0.496. The van der Waals surface area contributed by atoms with Crippen molar-refractivity contribution >= 4 is 15.7 Å². The molecule has 0 amide bonds. The number of hydrogen-bond donors (Lipinski definition) is 2. The van der Waals surface area contributed by atoms with Crippen LogP contribution < -0.4 is 10.5 Å². The Kier molecular flexibility index (Phi) is 5.21. The van der Waals surface area contributed by atoms with Crippen molar-refractivity contribution in [1.29, 1.82) is 0 Å². The van der Waals surface area contributed by atoms with Crippen LogP contribution in [0.15, 0.2) is 17.0 Å². The Labute approximate surface area is 126 Å². The van der Waals surface area contributed by atoms with Gasteiger partial charge in [0.25, 0.3) is 0 Å². The number of nitrogens with two attached hydrogens (primary N) is 1. The van der Waals surface area contributed by atoms with Crippen LogP contribution in [-0.4, -0.2) is 52.7 Å². The average molecular weight is 313 g/mol. The minimum atomic E-state index is -3.52. The lowest BCUT2D eigenvalue weighted by molar-refractivity contribution is 0.0390. The molecule has 6 nitrogen and oxygen atoms in total. The highest BCUT2D eigenvalue weighted by Crippen LogP contribution is 2.22. The van der Waals surface area contributed by atoms with Crippen molar-refractivity contribution in [3.8, 4) is 0 Å². The molecule has 1 aromatic carbocycles. The zero-order chi connectivity index (χ0) is 15.5. The Morgan fingerprint density at radius 2 is 1.95 bits per heavy atom. The molecule has 0 atom stereocenters. The van der Waals surface area contributed by atoms with Crippen LogP contribution in [0, 0.1) is 13.8 Å². The van der Waals surface area contributed by atoms with Crippen LogP contribution in [0.3, 0.4) is 0 Å². The van der Waals surface area contributed by atoms with Gasteiger partial charge in [-0.2, -0.15) is 0 Å². The SMILES string of the molecule is Cc1cc(N)c(C)c(S(=O)(=O)NCCN2CCOCC2)c1. The fourth-order valence-electron chi connectivity index (χ4n) is 2.37. The Morgan fingerprint density at radius 1 is 1.29 bits per heavy atom. The van der Waals surface area contributed by atoms with Gasteiger partial charge in [0, 0.05) is 31.9 Å². The van der Waals surface area contributed by atoms with Gasteiger partial charge in [-0.1, -0.05) is 0 Å². The number of hydrogen-bond acceptors (Lipinski definition) is 5. The van der Waals surface area contributed by atoms with Gasteiger partial charge in [0.15, 0.2) is 0 Å². The molecule has 2 rings (SSSR count). The van der Waals surface area contributed by atoms with E-state index >= 15 is 0 Å². The van der Waals surface area contributed by atoms with E-state index < -0.39 is 10.0 Å². The molecule has 0 aliphatic carbocycles. The number of sulfonamides is 1. The van der Waals surface area contributed by atoms with Crippen LogP contribution in [0.4, 0.5) is 5.69 Å². The van der Waals surface area contributed by atoms with Crippen molar-refractivity contribution in [3.05, 3.63) is 23.3 Å². The second-order valence-corrected chi connectivity index (χ2v) is 7.06. The van der Waals surface area contributed by atoms with Crippen LogP contribution in [0.5, 0.6) is 0 Å². The molecule has 0 saturated carbocycles. The molecule has 1 aliphatic heterocycles. The van der Waals surface area contributed by atoms with E-state index in [2.05, 4.69) is 9.62 Å². The number of ether oxygens (including phenoxy) is 1. The first-order valence-electron chi connectivity index (χ1n) is 7.06. The largest absolute Gasteiger partial charge is 0.398 e. The second-order valence-electron chi connectivity index (χ2n) is 5.33. The van der Waals surface area contributed by atoms with Gasteiger partial charge in [-0.25, -0.2) is 13.1 Å². The molecule has 0 unspecified atom stereocenters. The van der Waals surface area contributed by atoms with E-state index in [4.69, 9.17) is 10.5 Å². The van der Waals surface area contributed by atoms with Crippen LogP contribution in [0.1, 0.15) is 11.1 Å². The lowest BCUT2D eigenvalue weighted by Crippen LogP contribution is -2.41. The van der Waals surface area contributed by atoms with E-state index in [1.54, 1.807) is 19.1 Å². The normalized spacial score (nSPS) is 17.0. The van der Waals surface area contributed by atoms with Gasteiger partial charge in [-0.05, 0) is 37.1 Å². The lowest BCUT2D eigenvalue weighted by atomic mass is 10.1. The topological polar surface area (TPSA) is 84.7 Å². The van der Waals surface area contributed by atoms with Crippen LogP contribution in [0.25, 0.3) is 0 Å². The minimum absolute atomic E-state index is 0.266. The molecule has 1 aromatic rings. The number of morpholine rings is 1. The van der Waals surface area contributed by atoms with Gasteiger partial charge < -0.3 is 10.5 Å². The summed E-state index contributed by atoms with van der Waals surface area (Å²) in [5, 5.41) is 0. The zero-order valence-electron chi connectivity index (χ0n) is 12.6. The molecule has 0 aromatic heterocycles. The number of nitrogens with zero attached hydrogens (tertiary/aromatic N) is 1. The van der Waals surface area contributed by atoms with E-state index in [1.165, 1.54) is 0 Å². The Hall–Kier alpha value is -1.15. The summed E-state index contributed by atoms with van der Waals surface area (Å²) in [7, 11) is -3.52. The molecule has 21 heavy (non-hydrogen) atoms. The van der Waals surface area contributed by atoms with Crippen LogP contribution >= 0.6 is 0 Å². The van der Waals surface area contributed by atoms with E-state index in [1.807, 2.05) is 6.92 Å². The fourth-order valence-corrected chi connectivity index (χ4v) is 3.75. The number of nitrogen functional groups attached to an aromatic ring is 1. The van der Waals surface area contributed by atoms with Gasteiger partial charge in [-0.15, -0.1) is 0 Å². The first-order valence-corrected chi connectivity index (χ1v) is 8.55. The highest BCUT2D eigenvalue weighted by Gasteiger charge is 2.19. The summed E-state index contributed by atoms with van der Waals surface area (Å²) in [6, 6.07) is 3.44. The second kappa shape index (κ2) is 6.74. The van der Waals surface area contributed by atoms with Crippen molar-refractivity contribution in [1.82, 2.24) is 9.62 Å². The van der Waals surface area contributed by atoms with Gasteiger partial charge >= 0.3 is 0 Å². The Balaban J connectivity index is 2.01. The average Bonchev–Trinajstić information content (AvgIpc) is 2.43. The number of aryl methyl sites for hydroxylation is 1. The van der Waals surface area contributed by atoms with Crippen molar-refractivity contribution in [2.24, 2.45) is 0 Å². The molecular formula is C14H23N3O3S. The molecule has 1 heterocycles. The summed E-state index contributed by atoms with van der Waals surface area (Å²) in [5.74, 6) is 0. The van der Waals surface area contributed by atoms with E-state index in [0.717, 1.165) is 18.7 Å². The fraction of sp³-hybridized carbons (Fsp3) is 0.571. The smallest absolute Gasteiger partial charge is 0.240 e. The quantitative estimate of drug-likeness (QED) is 0.773. The molecule has 118 valence electrons. The summed E-state index contributed by atoms with van der Waals surface area (Å²) in [6.45, 7) is 7.74. The molecule has 0 bridgehead atoms. The third kappa shape index (κ3) is 4.16. The number of rotatable bonds is 5. The molecule has 0 spiro atoms. The van der Waals surface area contributed by atoms with Crippen molar-refractivity contribution in [3.63, 3.8) is 0 Å². The first-order chi connectivity index (χ1) is 9.90. The maximum absolute atomic E-state index is 12.4. The molecule has 0 radical (unpaired) electrons. The van der Waals surface area contributed by atoms with Crippen LogP contribution in [0.2, 0.25) is 0 Å². The Morgan fingerprint density at radius 3 is 2.62 bits per heavy atom. The molecule has 1 aliphatic rings. The molecular weight excluding hydrogens is 290 g/mol. The maximum Gasteiger partial charge on any atom is 0.240 e. The molecule has 1 fully saturated rings. The molecule has 1 saturated heterocycles. The highest BCUT2D eigenvalue weighted by molar-refractivity contribution is 7.89. The number of benzene rings is 1. The number of nitrogens with one attached hydrogen (secondary N) is 1. The summed E-state index contributed by atoms with van der Waals surface area (Å²) < 4.78 is 32.7. The van der Waals surface area contributed by atoms with E-state index in [-0.39, 0.29) is 4.90 Å². The zero-order valence-corrected chi connectivity index (χ0v) is 13.4. The summed E-state index contributed by atoms with van der Waals surface area (Å²) >= 11 is 0. The highest BCUT2D eigenvalue weighted by atomic mass is 32.2. The minimum Gasteiger partial charge on any atom is -0.398 e. The number of anilines is 1. The summed E-state index contributed by atoms with van der Waals surface area (Å²) in [4.78, 5) is 2.45. The van der Waals surface area contributed by atoms with Gasteiger partial charge in [0.1, 0.15) is 0 Å². The van der Waals surface area contributed by atoms with Gasteiger partial charge in [0.05, 0.1) is 18.1 Å². The third-order valence-electron chi connectivity index (χ3n) is 3.66. The van der Waals surface area contributed by atoms with Gasteiger partial charge in [-0.3, -0.25) is 4.90 Å². The standard InChI is InChI=1S/C14H23N3O3S/c1-11-9-13(15)12(2)14(10-11)21(18,19)16-3-4-17-5-7-20-8-6-17/h9-10,16H,3-8,15H2,1-2H3. The maximum atomic E-state index is 12.4. The predicted molar refractivity (Wildman–Crippen MR) is 82.8 cm³/mol.